The van der Waals surface area contributed by atoms with Gasteiger partial charge < -0.3 is 0 Å². The van der Waals surface area contributed by atoms with Gasteiger partial charge in [-0.05, 0) is 19.1 Å². The molecular weight excluding hydrogens is 406 g/mol. The molecule has 28 heavy (non-hydrogen) atoms. The summed E-state index contributed by atoms with van der Waals surface area (Å²) in [7, 11) is -3.10. The number of rotatable bonds is 3. The van der Waals surface area contributed by atoms with Crippen LogP contribution < -0.4 is 16.0 Å². The molecule has 0 saturated carbocycles. The fraction of sp³-hybridized carbons (Fsp3) is 0.250. The van der Waals surface area contributed by atoms with Crippen molar-refractivity contribution in [3.05, 3.63) is 55.6 Å². The van der Waals surface area contributed by atoms with Gasteiger partial charge in [0.2, 0.25) is 10.0 Å². The van der Waals surface area contributed by atoms with Crippen LogP contribution in [0, 0.1) is 25.1 Å². The Labute approximate surface area is 156 Å². The molecule has 0 bridgehead atoms. The Morgan fingerprint density at radius 2 is 1.79 bits per heavy atom. The third kappa shape index (κ3) is 3.79. The van der Waals surface area contributed by atoms with Crippen LogP contribution in [0.1, 0.15) is 16.8 Å². The van der Waals surface area contributed by atoms with Crippen LogP contribution in [0.5, 0.6) is 0 Å². The van der Waals surface area contributed by atoms with Crippen molar-refractivity contribution in [1.82, 2.24) is 9.13 Å². The SMILES string of the molecule is C#Cc1cc(F)c(-n2c(=O)c(C)c(C(F)(F)F)n(C)c2=O)cc1NS(C)(=O)=O. The Balaban J connectivity index is 2.94. The van der Waals surface area contributed by atoms with Crippen LogP contribution in [-0.2, 0) is 23.2 Å². The Hall–Kier alpha value is -3.07. The maximum Gasteiger partial charge on any atom is 0.432 e. The lowest BCUT2D eigenvalue weighted by atomic mass is 10.1. The molecule has 0 fully saturated rings. The van der Waals surface area contributed by atoms with E-state index in [1.54, 1.807) is 0 Å². The van der Waals surface area contributed by atoms with Gasteiger partial charge in [-0.2, -0.15) is 13.2 Å². The van der Waals surface area contributed by atoms with Crippen LogP contribution in [0.25, 0.3) is 5.69 Å². The number of halogens is 4. The third-order valence-corrected chi connectivity index (χ3v) is 4.33. The Kier molecular flexibility index (Phi) is 5.18. The first-order chi connectivity index (χ1) is 12.7. The Morgan fingerprint density at radius 1 is 1.21 bits per heavy atom. The van der Waals surface area contributed by atoms with E-state index in [4.69, 9.17) is 6.42 Å². The maximum absolute atomic E-state index is 14.5. The standard InChI is InChI=1S/C16H13F4N3O4S/c1-5-9-6-10(17)12(7-11(9)21-28(4,26)27)23-14(24)8(2)13(16(18,19)20)22(3)15(23)25/h1,6-7,21H,2-4H3. The summed E-state index contributed by atoms with van der Waals surface area (Å²) in [5.74, 6) is 0.829. The summed E-state index contributed by atoms with van der Waals surface area (Å²) in [6.07, 6.45) is 0.979. The molecule has 0 aliphatic rings. The summed E-state index contributed by atoms with van der Waals surface area (Å²) in [5.41, 5.74) is -6.52. The molecule has 12 heteroatoms. The molecule has 1 aromatic carbocycles. The van der Waals surface area contributed by atoms with Crippen LogP contribution in [0.3, 0.4) is 0 Å². The minimum absolute atomic E-state index is 0.162. The highest BCUT2D eigenvalue weighted by Crippen LogP contribution is 2.30. The molecule has 1 heterocycles. The monoisotopic (exact) mass is 419 g/mol. The van der Waals surface area contributed by atoms with E-state index in [0.717, 1.165) is 26.3 Å². The van der Waals surface area contributed by atoms with Gasteiger partial charge in [0.1, 0.15) is 11.5 Å². The molecule has 0 atom stereocenters. The largest absolute Gasteiger partial charge is 0.432 e. The van der Waals surface area contributed by atoms with Gasteiger partial charge in [0.25, 0.3) is 5.56 Å². The second kappa shape index (κ2) is 6.83. The maximum atomic E-state index is 14.5. The molecule has 7 nitrogen and oxygen atoms in total. The minimum atomic E-state index is -4.99. The number of alkyl halides is 3. The first-order valence-electron chi connectivity index (χ1n) is 7.37. The quantitative estimate of drug-likeness (QED) is 0.601. The summed E-state index contributed by atoms with van der Waals surface area (Å²) in [6, 6.07) is 1.45. The summed E-state index contributed by atoms with van der Waals surface area (Å²) in [6.45, 7) is 0.838. The molecule has 0 amide bonds. The van der Waals surface area contributed by atoms with E-state index in [2.05, 4.69) is 0 Å². The van der Waals surface area contributed by atoms with Crippen molar-refractivity contribution in [2.75, 3.05) is 11.0 Å². The van der Waals surface area contributed by atoms with Gasteiger partial charge in [-0.25, -0.2) is 22.2 Å². The zero-order chi connectivity index (χ0) is 21.6. The first kappa shape index (κ1) is 21.2. The molecule has 0 saturated heterocycles. The minimum Gasteiger partial charge on any atom is -0.292 e. The smallest absolute Gasteiger partial charge is 0.292 e. The van der Waals surface area contributed by atoms with Gasteiger partial charge in [0, 0.05) is 12.6 Å². The van der Waals surface area contributed by atoms with Crippen molar-refractivity contribution in [2.24, 2.45) is 7.05 Å². The van der Waals surface area contributed by atoms with Crippen LogP contribution in [0.4, 0.5) is 23.2 Å². The van der Waals surface area contributed by atoms with E-state index < -0.39 is 50.2 Å². The van der Waals surface area contributed by atoms with E-state index in [1.807, 2.05) is 10.6 Å². The summed E-state index contributed by atoms with van der Waals surface area (Å²) in [4.78, 5) is 24.8. The van der Waals surface area contributed by atoms with Crippen LogP contribution in [-0.4, -0.2) is 23.8 Å². The summed E-state index contributed by atoms with van der Waals surface area (Å²) in [5, 5.41) is 0. The number of nitrogens with one attached hydrogen (secondary N) is 1. The molecule has 0 aliphatic carbocycles. The van der Waals surface area contributed by atoms with E-state index in [0.29, 0.717) is 6.07 Å². The second-order valence-electron chi connectivity index (χ2n) is 5.82. The van der Waals surface area contributed by atoms with Crippen molar-refractivity contribution in [3.8, 4) is 18.0 Å². The van der Waals surface area contributed by atoms with Crippen molar-refractivity contribution >= 4 is 15.7 Å². The van der Waals surface area contributed by atoms with Gasteiger partial charge in [-0.1, -0.05) is 5.92 Å². The average Bonchev–Trinajstić information content (AvgIpc) is 2.53. The van der Waals surface area contributed by atoms with Crippen LogP contribution in [0.15, 0.2) is 21.7 Å². The molecule has 2 aromatic rings. The number of aromatic nitrogens is 2. The zero-order valence-corrected chi connectivity index (χ0v) is 15.5. The van der Waals surface area contributed by atoms with E-state index in [-0.39, 0.29) is 20.4 Å². The van der Waals surface area contributed by atoms with E-state index in [9.17, 15) is 35.6 Å². The lowest BCUT2D eigenvalue weighted by Crippen LogP contribution is -2.43. The number of sulfonamides is 1. The number of benzene rings is 1. The molecule has 1 aromatic heterocycles. The van der Waals surface area contributed by atoms with Crippen LogP contribution in [0.2, 0.25) is 0 Å². The fourth-order valence-electron chi connectivity index (χ4n) is 2.61. The topological polar surface area (TPSA) is 90.2 Å². The fourth-order valence-corrected chi connectivity index (χ4v) is 3.17. The van der Waals surface area contributed by atoms with Crippen molar-refractivity contribution in [2.45, 2.75) is 13.1 Å². The van der Waals surface area contributed by atoms with E-state index in [1.165, 1.54) is 0 Å². The van der Waals surface area contributed by atoms with E-state index >= 15 is 0 Å². The first-order valence-corrected chi connectivity index (χ1v) is 9.26. The Morgan fingerprint density at radius 3 is 2.25 bits per heavy atom. The number of hydrogen-bond donors (Lipinski definition) is 1. The van der Waals surface area contributed by atoms with Crippen molar-refractivity contribution in [3.63, 3.8) is 0 Å². The molecule has 0 unspecified atom stereocenters. The number of hydrogen-bond acceptors (Lipinski definition) is 4. The molecule has 0 aliphatic heterocycles. The van der Waals surface area contributed by atoms with Crippen LogP contribution >= 0.6 is 0 Å². The highest BCUT2D eigenvalue weighted by Gasteiger charge is 2.38. The summed E-state index contributed by atoms with van der Waals surface area (Å²) < 4.78 is 79.2. The third-order valence-electron chi connectivity index (χ3n) is 3.74. The summed E-state index contributed by atoms with van der Waals surface area (Å²) >= 11 is 0. The van der Waals surface area contributed by atoms with Gasteiger partial charge in [-0.3, -0.25) is 14.1 Å². The van der Waals surface area contributed by atoms with Gasteiger partial charge in [0.15, 0.2) is 0 Å². The highest BCUT2D eigenvalue weighted by molar-refractivity contribution is 7.92. The number of terminal acetylenes is 1. The number of nitrogens with zero attached hydrogens (tertiary/aromatic N) is 2. The lowest BCUT2D eigenvalue weighted by Gasteiger charge is -2.18. The zero-order valence-electron chi connectivity index (χ0n) is 14.7. The molecule has 0 spiro atoms. The van der Waals surface area contributed by atoms with Gasteiger partial charge in [0.05, 0.1) is 23.2 Å². The molecule has 2 rings (SSSR count). The second-order valence-corrected chi connectivity index (χ2v) is 7.57. The normalized spacial score (nSPS) is 11.9. The van der Waals surface area contributed by atoms with Gasteiger partial charge >= 0.3 is 11.9 Å². The molecular formula is C16H13F4N3O4S. The highest BCUT2D eigenvalue weighted by atomic mass is 32.2. The van der Waals surface area contributed by atoms with Crippen molar-refractivity contribution < 1.29 is 26.0 Å². The molecule has 150 valence electrons. The molecule has 0 radical (unpaired) electrons. The molecule has 1 N–H and O–H groups in total. The predicted octanol–water partition coefficient (Wildman–Crippen LogP) is 1.36. The van der Waals surface area contributed by atoms with Crippen molar-refractivity contribution in [1.29, 1.82) is 0 Å². The average molecular weight is 419 g/mol. The lowest BCUT2D eigenvalue weighted by molar-refractivity contribution is -0.144. The predicted molar refractivity (Wildman–Crippen MR) is 93.4 cm³/mol. The Bertz CT molecular complexity index is 1200. The van der Waals surface area contributed by atoms with Gasteiger partial charge in [-0.15, -0.1) is 6.42 Å². The number of anilines is 1.